The second kappa shape index (κ2) is 9.43. The van der Waals surface area contributed by atoms with Crippen LogP contribution < -0.4 is 4.74 Å². The smallest absolute Gasteiger partial charge is 0.134 e. The molecule has 1 aromatic carbocycles. The monoisotopic (exact) mass is 502 g/mol. The van der Waals surface area contributed by atoms with Crippen molar-refractivity contribution < 1.29 is 4.74 Å². The van der Waals surface area contributed by atoms with Crippen LogP contribution in [0.4, 0.5) is 0 Å². The Kier molecular flexibility index (Phi) is 8.84. The lowest BCUT2D eigenvalue weighted by atomic mass is 9.72. The van der Waals surface area contributed by atoms with Gasteiger partial charge in [-0.05, 0) is 68.1 Å². The molecule has 138 valence electrons. The average Bonchev–Trinajstić information content (AvgIpc) is 2.42. The molecule has 1 heterocycles. The summed E-state index contributed by atoms with van der Waals surface area (Å²) in [7, 11) is 6.64. The molecule has 3 nitrogen and oxygen atoms in total. The summed E-state index contributed by atoms with van der Waals surface area (Å²) in [5.41, 5.74) is 0. The fraction of sp³-hybridized carbons (Fsp3) is 0.647. The van der Waals surface area contributed by atoms with Crippen molar-refractivity contribution in [1.82, 2.24) is 9.80 Å². The number of fused-ring (bicyclic) bond motifs is 2. The van der Waals surface area contributed by atoms with Gasteiger partial charge in [0.05, 0.1) is 4.47 Å². The van der Waals surface area contributed by atoms with E-state index in [-0.39, 0.29) is 24.8 Å². The van der Waals surface area contributed by atoms with E-state index in [1.807, 2.05) is 6.07 Å². The highest BCUT2D eigenvalue weighted by atomic mass is 79.9. The number of ether oxygens (including phenoxy) is 1. The van der Waals surface area contributed by atoms with Gasteiger partial charge in [0, 0.05) is 35.4 Å². The first-order valence-corrected chi connectivity index (χ1v) is 9.51. The number of hydrogen-bond acceptors (Lipinski definition) is 3. The summed E-state index contributed by atoms with van der Waals surface area (Å²) < 4.78 is 8.61. The molecule has 1 aliphatic heterocycles. The largest absolute Gasteiger partial charge is 0.489 e. The zero-order valence-corrected chi connectivity index (χ0v) is 19.0. The molecule has 0 radical (unpaired) electrons. The minimum atomic E-state index is 0. The van der Waals surface area contributed by atoms with E-state index >= 15 is 0 Å². The zero-order chi connectivity index (χ0) is 15.9. The summed E-state index contributed by atoms with van der Waals surface area (Å²) in [5.74, 6) is 2.17. The number of likely N-dealkylation sites (tertiary alicyclic amines) is 1. The van der Waals surface area contributed by atoms with Gasteiger partial charge in [-0.25, -0.2) is 0 Å². The van der Waals surface area contributed by atoms with Gasteiger partial charge in [0.25, 0.3) is 0 Å². The summed E-state index contributed by atoms with van der Waals surface area (Å²) in [6, 6.07) is 6.78. The van der Waals surface area contributed by atoms with Gasteiger partial charge in [0.2, 0.25) is 0 Å². The summed E-state index contributed by atoms with van der Waals surface area (Å²) in [5, 5.41) is 0. The van der Waals surface area contributed by atoms with Crippen molar-refractivity contribution in [3.05, 3.63) is 27.1 Å². The number of piperidine rings is 1. The molecule has 1 saturated carbocycles. The molecule has 0 spiro atoms. The Morgan fingerprint density at radius 2 is 1.83 bits per heavy atom. The van der Waals surface area contributed by atoms with Gasteiger partial charge >= 0.3 is 0 Å². The van der Waals surface area contributed by atoms with E-state index in [1.54, 1.807) is 0 Å². The number of nitrogens with zero attached hydrogens (tertiary/aromatic N) is 2. The Morgan fingerprint density at radius 1 is 1.12 bits per heavy atom. The van der Waals surface area contributed by atoms with Gasteiger partial charge in [-0.3, -0.25) is 0 Å². The molecule has 1 saturated heterocycles. The second-order valence-electron chi connectivity index (χ2n) is 6.91. The van der Waals surface area contributed by atoms with E-state index in [0.29, 0.717) is 24.0 Å². The highest BCUT2D eigenvalue weighted by molar-refractivity contribution is 9.11. The fourth-order valence-corrected chi connectivity index (χ4v) is 5.27. The number of benzene rings is 1. The maximum atomic E-state index is 6.52. The van der Waals surface area contributed by atoms with Crippen molar-refractivity contribution in [3.8, 4) is 5.75 Å². The van der Waals surface area contributed by atoms with Crippen molar-refractivity contribution in [2.45, 2.75) is 25.0 Å². The van der Waals surface area contributed by atoms with Gasteiger partial charge in [0.15, 0.2) is 0 Å². The molecular formula is C17H26Br2Cl2N2O. The van der Waals surface area contributed by atoms with Gasteiger partial charge < -0.3 is 14.5 Å². The summed E-state index contributed by atoms with van der Waals surface area (Å²) in [6.07, 6.45) is 2.86. The molecule has 2 aliphatic rings. The van der Waals surface area contributed by atoms with Crippen LogP contribution in [0.25, 0.3) is 0 Å². The van der Waals surface area contributed by atoms with Crippen LogP contribution in [0.2, 0.25) is 0 Å². The molecule has 0 N–H and O–H groups in total. The van der Waals surface area contributed by atoms with Crippen molar-refractivity contribution in [2.24, 2.45) is 11.8 Å². The molecule has 0 amide bonds. The maximum Gasteiger partial charge on any atom is 0.134 e. The quantitative estimate of drug-likeness (QED) is 0.593. The van der Waals surface area contributed by atoms with Crippen LogP contribution in [0.3, 0.4) is 0 Å². The van der Waals surface area contributed by atoms with E-state index < -0.39 is 0 Å². The third kappa shape index (κ3) is 4.80. The van der Waals surface area contributed by atoms with E-state index in [1.165, 1.54) is 12.8 Å². The summed E-state index contributed by atoms with van der Waals surface area (Å²) >= 11 is 7.14. The highest BCUT2D eigenvalue weighted by Crippen LogP contribution is 2.40. The van der Waals surface area contributed by atoms with Gasteiger partial charge in [-0.1, -0.05) is 15.9 Å². The average molecular weight is 505 g/mol. The third-order valence-electron chi connectivity index (χ3n) is 5.10. The first-order valence-electron chi connectivity index (χ1n) is 7.92. The maximum absolute atomic E-state index is 6.52. The van der Waals surface area contributed by atoms with Crippen LogP contribution in [0.15, 0.2) is 27.1 Å². The van der Waals surface area contributed by atoms with Crippen molar-refractivity contribution in [1.29, 1.82) is 0 Å². The Labute approximate surface area is 174 Å². The minimum Gasteiger partial charge on any atom is -0.489 e. The van der Waals surface area contributed by atoms with Crippen LogP contribution in [-0.4, -0.2) is 56.2 Å². The van der Waals surface area contributed by atoms with Crippen LogP contribution in [-0.2, 0) is 0 Å². The minimum absolute atomic E-state index is 0. The third-order valence-corrected chi connectivity index (χ3v) is 6.22. The number of hydrogen-bond donors (Lipinski definition) is 0. The fourth-order valence-electron chi connectivity index (χ4n) is 4.13. The summed E-state index contributed by atoms with van der Waals surface area (Å²) in [6.45, 7) is 2.27. The molecule has 2 bridgehead atoms. The van der Waals surface area contributed by atoms with E-state index in [0.717, 1.165) is 27.8 Å². The normalized spacial score (nSPS) is 29.6. The van der Waals surface area contributed by atoms with Crippen molar-refractivity contribution in [2.75, 3.05) is 34.2 Å². The topological polar surface area (TPSA) is 15.7 Å². The predicted octanol–water partition coefficient (Wildman–Crippen LogP) is 4.70. The molecule has 3 rings (SSSR count). The van der Waals surface area contributed by atoms with E-state index in [4.69, 9.17) is 4.74 Å². The van der Waals surface area contributed by atoms with Crippen LogP contribution >= 0.6 is 56.7 Å². The van der Waals surface area contributed by atoms with E-state index in [2.05, 4.69) is 74.9 Å². The first kappa shape index (κ1) is 22.5. The van der Waals surface area contributed by atoms with Gasteiger partial charge in [0.1, 0.15) is 11.9 Å². The van der Waals surface area contributed by atoms with Crippen LogP contribution in [0.1, 0.15) is 12.8 Å². The highest BCUT2D eigenvalue weighted by Gasteiger charge is 2.45. The lowest BCUT2D eigenvalue weighted by molar-refractivity contribution is -0.0625. The molecule has 1 aliphatic carbocycles. The lowest BCUT2D eigenvalue weighted by Crippen LogP contribution is -2.60. The first-order chi connectivity index (χ1) is 10.5. The van der Waals surface area contributed by atoms with Gasteiger partial charge in [-0.15, -0.1) is 24.8 Å². The Balaban J connectivity index is 0.00000144. The standard InChI is InChI=1S/C17H24Br2N2O.2ClH/c1-20(2)15-6-4-11-9-21(3)10-13(15)17(11)22-16-7-5-12(18)8-14(16)19;;/h5,7-8,11,13,15,17H,4,6,9-10H2,1-3H3;2*1H/t11?,13?,15-,17-;;/m1../s1. The molecule has 7 heteroatoms. The molecular weight excluding hydrogens is 479 g/mol. The molecule has 2 unspecified atom stereocenters. The van der Waals surface area contributed by atoms with Crippen molar-refractivity contribution >= 4 is 56.7 Å². The number of rotatable bonds is 3. The predicted molar refractivity (Wildman–Crippen MR) is 112 cm³/mol. The molecule has 24 heavy (non-hydrogen) atoms. The van der Waals surface area contributed by atoms with Crippen LogP contribution in [0.5, 0.6) is 5.75 Å². The SMILES string of the molecule is CN1CC2CC[C@@H](N(C)C)C(C1)[C@@H]2Oc1ccc(Br)cc1Br.Cl.Cl. The molecule has 0 aromatic heterocycles. The lowest BCUT2D eigenvalue weighted by Gasteiger charge is -2.51. The zero-order valence-electron chi connectivity index (χ0n) is 14.2. The second-order valence-corrected chi connectivity index (χ2v) is 8.68. The van der Waals surface area contributed by atoms with Crippen molar-refractivity contribution in [3.63, 3.8) is 0 Å². The Morgan fingerprint density at radius 3 is 2.46 bits per heavy atom. The Bertz CT molecular complexity index is 547. The molecule has 2 fully saturated rings. The summed E-state index contributed by atoms with van der Waals surface area (Å²) in [4.78, 5) is 4.86. The Hall–Kier alpha value is 0.480. The molecule has 4 atom stereocenters. The number of halogens is 4. The van der Waals surface area contributed by atoms with Crippen LogP contribution in [0, 0.1) is 11.8 Å². The van der Waals surface area contributed by atoms with E-state index in [9.17, 15) is 0 Å². The molecule has 1 aromatic rings. The van der Waals surface area contributed by atoms with Gasteiger partial charge in [-0.2, -0.15) is 0 Å².